The number of urea groups is 1. The molecule has 0 atom stereocenters. The summed E-state index contributed by atoms with van der Waals surface area (Å²) in [6.07, 6.45) is 0. The minimum absolute atomic E-state index is 0.155. The molecule has 6 nitrogen and oxygen atoms in total. The van der Waals surface area contributed by atoms with Crippen molar-refractivity contribution in [3.05, 3.63) is 54.6 Å². The fraction of sp³-hybridized carbons (Fsp3) is 0.125. The molecular formula is C16H16N2O4. The van der Waals surface area contributed by atoms with Crippen molar-refractivity contribution < 1.29 is 19.1 Å². The molecule has 0 saturated carbocycles. The quantitative estimate of drug-likeness (QED) is 0.832. The number of benzene rings is 2. The summed E-state index contributed by atoms with van der Waals surface area (Å²) in [5.74, 6) is 0.0591. The Labute approximate surface area is 128 Å². The smallest absolute Gasteiger partial charge is 0.343 e. The van der Waals surface area contributed by atoms with Gasteiger partial charge in [-0.25, -0.2) is 9.59 Å². The van der Waals surface area contributed by atoms with E-state index in [4.69, 9.17) is 4.74 Å². The Hall–Kier alpha value is -3.02. The van der Waals surface area contributed by atoms with E-state index >= 15 is 0 Å². The Balaban J connectivity index is 1.85. The summed E-state index contributed by atoms with van der Waals surface area (Å²) < 4.78 is 9.69. The molecule has 0 spiro atoms. The zero-order valence-electron chi connectivity index (χ0n) is 12.0. The lowest BCUT2D eigenvalue weighted by Crippen LogP contribution is -2.19. The molecule has 6 heteroatoms. The molecule has 2 amide bonds. The first kappa shape index (κ1) is 15.4. The third-order valence-corrected chi connectivity index (χ3v) is 2.73. The maximum absolute atomic E-state index is 11.8. The van der Waals surface area contributed by atoms with Crippen LogP contribution in [0.1, 0.15) is 0 Å². The van der Waals surface area contributed by atoms with Crippen LogP contribution >= 0.6 is 0 Å². The highest BCUT2D eigenvalue weighted by atomic mass is 16.6. The Bertz CT molecular complexity index is 626. The standard InChI is InChI=1S/C16H16N2O4/c1-21-15(19)11-22-14-9-7-13(8-10-14)18-16(20)17-12-5-3-2-4-6-12/h2-10H,11H2,1H3,(H2,17,18,20). The van der Waals surface area contributed by atoms with Crippen molar-refractivity contribution in [2.45, 2.75) is 0 Å². The summed E-state index contributed by atoms with van der Waals surface area (Å²) in [7, 11) is 1.30. The van der Waals surface area contributed by atoms with Gasteiger partial charge in [-0.2, -0.15) is 0 Å². The number of nitrogens with one attached hydrogen (secondary N) is 2. The van der Waals surface area contributed by atoms with Crippen molar-refractivity contribution in [2.75, 3.05) is 24.4 Å². The maximum atomic E-state index is 11.8. The van der Waals surface area contributed by atoms with Gasteiger partial charge in [-0.05, 0) is 36.4 Å². The highest BCUT2D eigenvalue weighted by Crippen LogP contribution is 2.16. The summed E-state index contributed by atoms with van der Waals surface area (Å²) in [6.45, 7) is -0.155. The van der Waals surface area contributed by atoms with Gasteiger partial charge in [0.2, 0.25) is 0 Å². The molecule has 0 bridgehead atoms. The van der Waals surface area contributed by atoms with Gasteiger partial charge in [-0.1, -0.05) is 18.2 Å². The number of para-hydroxylation sites is 1. The second-order valence-electron chi connectivity index (χ2n) is 4.33. The molecule has 0 aromatic heterocycles. The first-order valence-electron chi connectivity index (χ1n) is 6.60. The van der Waals surface area contributed by atoms with Crippen molar-refractivity contribution in [3.63, 3.8) is 0 Å². The third-order valence-electron chi connectivity index (χ3n) is 2.73. The van der Waals surface area contributed by atoms with E-state index < -0.39 is 5.97 Å². The lowest BCUT2D eigenvalue weighted by molar-refractivity contribution is -0.142. The molecule has 0 aliphatic heterocycles. The molecule has 0 aliphatic rings. The second kappa shape index (κ2) is 7.68. The minimum Gasteiger partial charge on any atom is -0.482 e. The van der Waals surface area contributed by atoms with Crippen molar-refractivity contribution in [1.82, 2.24) is 0 Å². The molecular weight excluding hydrogens is 284 g/mol. The number of ether oxygens (including phenoxy) is 2. The topological polar surface area (TPSA) is 76.7 Å². The van der Waals surface area contributed by atoms with Gasteiger partial charge in [0.05, 0.1) is 7.11 Å². The van der Waals surface area contributed by atoms with E-state index in [1.807, 2.05) is 18.2 Å². The fourth-order valence-electron chi connectivity index (χ4n) is 1.65. The van der Waals surface area contributed by atoms with Gasteiger partial charge in [0.25, 0.3) is 0 Å². The van der Waals surface area contributed by atoms with Crippen molar-refractivity contribution in [1.29, 1.82) is 0 Å². The van der Waals surface area contributed by atoms with Gasteiger partial charge in [0.1, 0.15) is 5.75 Å². The van der Waals surface area contributed by atoms with Gasteiger partial charge in [0, 0.05) is 11.4 Å². The number of hydrogen-bond donors (Lipinski definition) is 2. The maximum Gasteiger partial charge on any atom is 0.343 e. The number of carbonyl (C=O) groups excluding carboxylic acids is 2. The molecule has 0 aliphatic carbocycles. The third kappa shape index (κ3) is 4.82. The summed E-state index contributed by atoms with van der Waals surface area (Å²) in [5, 5.41) is 5.41. The fourth-order valence-corrected chi connectivity index (χ4v) is 1.65. The van der Waals surface area contributed by atoms with E-state index in [-0.39, 0.29) is 12.6 Å². The number of methoxy groups -OCH3 is 1. The van der Waals surface area contributed by atoms with Gasteiger partial charge in [-0.15, -0.1) is 0 Å². The van der Waals surface area contributed by atoms with Crippen LogP contribution in [0.3, 0.4) is 0 Å². The number of rotatable bonds is 5. The molecule has 2 N–H and O–H groups in total. The average Bonchev–Trinajstić information content (AvgIpc) is 2.54. The molecule has 114 valence electrons. The number of amides is 2. The normalized spacial score (nSPS) is 9.68. The summed E-state index contributed by atoms with van der Waals surface area (Å²) >= 11 is 0. The van der Waals surface area contributed by atoms with Crippen molar-refractivity contribution in [2.24, 2.45) is 0 Å². The van der Waals surface area contributed by atoms with E-state index in [0.717, 1.165) is 0 Å². The number of anilines is 2. The minimum atomic E-state index is -0.454. The largest absolute Gasteiger partial charge is 0.482 e. The Morgan fingerprint density at radius 1 is 0.909 bits per heavy atom. The van der Waals surface area contributed by atoms with E-state index in [1.165, 1.54) is 7.11 Å². The van der Waals surface area contributed by atoms with Gasteiger partial charge >= 0.3 is 12.0 Å². The molecule has 0 fully saturated rings. The average molecular weight is 300 g/mol. The van der Waals surface area contributed by atoms with E-state index in [9.17, 15) is 9.59 Å². The highest BCUT2D eigenvalue weighted by molar-refractivity contribution is 5.99. The molecule has 2 aromatic rings. The molecule has 2 rings (SSSR count). The zero-order chi connectivity index (χ0) is 15.8. The first-order chi connectivity index (χ1) is 10.7. The van der Waals surface area contributed by atoms with Crippen LogP contribution < -0.4 is 15.4 Å². The second-order valence-corrected chi connectivity index (χ2v) is 4.33. The number of esters is 1. The van der Waals surface area contributed by atoms with Crippen LogP contribution in [0, 0.1) is 0 Å². The molecule has 0 heterocycles. The monoisotopic (exact) mass is 300 g/mol. The highest BCUT2D eigenvalue weighted by Gasteiger charge is 2.04. The Morgan fingerprint density at radius 2 is 1.50 bits per heavy atom. The van der Waals surface area contributed by atoms with Crippen LogP contribution in [-0.2, 0) is 9.53 Å². The van der Waals surface area contributed by atoms with Crippen LogP contribution in [0.5, 0.6) is 5.75 Å². The summed E-state index contributed by atoms with van der Waals surface area (Å²) in [5.41, 5.74) is 1.32. The molecule has 0 saturated heterocycles. The Kier molecular flexibility index (Phi) is 5.37. The van der Waals surface area contributed by atoms with Crippen LogP contribution in [0.25, 0.3) is 0 Å². The molecule has 0 unspecified atom stereocenters. The lowest BCUT2D eigenvalue weighted by Gasteiger charge is -2.09. The zero-order valence-corrected chi connectivity index (χ0v) is 12.0. The van der Waals surface area contributed by atoms with Crippen LogP contribution in [0.15, 0.2) is 54.6 Å². The van der Waals surface area contributed by atoms with Crippen molar-refractivity contribution >= 4 is 23.4 Å². The number of carbonyl (C=O) groups is 2. The summed E-state index contributed by atoms with van der Waals surface area (Å²) in [6, 6.07) is 15.5. The first-order valence-corrected chi connectivity index (χ1v) is 6.60. The SMILES string of the molecule is COC(=O)COc1ccc(NC(=O)Nc2ccccc2)cc1. The lowest BCUT2D eigenvalue weighted by atomic mass is 10.3. The predicted octanol–water partition coefficient (Wildman–Crippen LogP) is 2.88. The Morgan fingerprint density at radius 3 is 2.09 bits per heavy atom. The van der Waals surface area contributed by atoms with Crippen molar-refractivity contribution in [3.8, 4) is 5.75 Å². The van der Waals surface area contributed by atoms with E-state index in [2.05, 4.69) is 15.4 Å². The van der Waals surface area contributed by atoms with Gasteiger partial charge in [0.15, 0.2) is 6.61 Å². The van der Waals surface area contributed by atoms with E-state index in [1.54, 1.807) is 36.4 Å². The van der Waals surface area contributed by atoms with Crippen LogP contribution in [0.2, 0.25) is 0 Å². The predicted molar refractivity (Wildman–Crippen MR) is 83.0 cm³/mol. The van der Waals surface area contributed by atoms with Crippen LogP contribution in [0.4, 0.5) is 16.2 Å². The van der Waals surface area contributed by atoms with E-state index in [0.29, 0.717) is 17.1 Å². The molecule has 22 heavy (non-hydrogen) atoms. The summed E-state index contributed by atoms with van der Waals surface area (Å²) in [4.78, 5) is 22.8. The van der Waals surface area contributed by atoms with Gasteiger partial charge in [-0.3, -0.25) is 0 Å². The van der Waals surface area contributed by atoms with Gasteiger partial charge < -0.3 is 20.1 Å². The van der Waals surface area contributed by atoms with Crippen LogP contribution in [-0.4, -0.2) is 25.7 Å². The molecule has 2 aromatic carbocycles. The number of hydrogen-bond acceptors (Lipinski definition) is 4. The molecule has 0 radical (unpaired) electrons.